The van der Waals surface area contributed by atoms with Gasteiger partial charge in [0.05, 0.1) is 29.3 Å². The van der Waals surface area contributed by atoms with Gasteiger partial charge in [0.25, 0.3) is 0 Å². The first-order valence-corrected chi connectivity index (χ1v) is 20.3. The number of nitrogens with one attached hydrogen (secondary N) is 4. The average molecular weight is 830 g/mol. The van der Waals surface area contributed by atoms with Gasteiger partial charge in [0, 0.05) is 16.5 Å². The van der Waals surface area contributed by atoms with Crippen LogP contribution >= 0.6 is 0 Å². The highest BCUT2D eigenvalue weighted by molar-refractivity contribution is 7.94. The lowest BCUT2D eigenvalue weighted by atomic mass is 10.0. The first-order chi connectivity index (χ1) is 28.1. The number of alkyl carbamates (subject to hydrolysis) is 1. The molecule has 59 heavy (non-hydrogen) atoms. The van der Waals surface area contributed by atoms with Crippen LogP contribution in [0.2, 0.25) is 0 Å². The number of rotatable bonds is 21. The molecule has 16 nitrogen and oxygen atoms in total. The topological polar surface area (TPSA) is 247 Å². The number of carboxylic acids is 2. The van der Waals surface area contributed by atoms with Crippen LogP contribution in [-0.2, 0) is 51.6 Å². The van der Waals surface area contributed by atoms with Crippen molar-refractivity contribution in [3.05, 3.63) is 120 Å². The molecule has 1 aromatic heterocycles. The van der Waals surface area contributed by atoms with E-state index in [-0.39, 0.29) is 17.9 Å². The van der Waals surface area contributed by atoms with E-state index in [1.54, 1.807) is 50.2 Å². The summed E-state index contributed by atoms with van der Waals surface area (Å²) in [7, 11) is -3.99. The molecule has 4 rings (SSSR count). The number of carbonyl (C=O) groups excluding carboxylic acids is 4. The van der Waals surface area contributed by atoms with Gasteiger partial charge in [-0.15, -0.1) is 0 Å². The summed E-state index contributed by atoms with van der Waals surface area (Å²) in [5, 5.41) is 30.7. The van der Waals surface area contributed by atoms with Gasteiger partial charge in [-0.05, 0) is 61.1 Å². The standard InChI is InChI=1S/C42H47N5O11S/c1-27(2)38(41(54)44-31(24-36(48)49)22-23-59(56,57)32-16-7-4-8-17-32)47-39(52)34(19-11-15-30-21-20-29-14-9-10-18-33(29)43-30)45-40(53)35(25-37(50)51)46-42(55)58-26-28-12-5-3-6-13-28/h3-10,12-14,16-18,20-23,27,31,34-35,38H,11,15,19,24-26H2,1-2H3,(H,44,54)(H,45,53)(H,46,55)(H,47,52)(H,48,49)(H,50,51)/b23-22+/t31-,34?,35+,38+/m1/s1. The molecule has 0 aliphatic rings. The van der Waals surface area contributed by atoms with E-state index in [4.69, 9.17) is 4.74 Å². The number of carboxylic acid groups (broad SMARTS) is 2. The molecule has 0 saturated heterocycles. The van der Waals surface area contributed by atoms with E-state index in [1.807, 2.05) is 36.4 Å². The number of hydrogen-bond acceptors (Lipinski definition) is 10. The molecule has 17 heteroatoms. The van der Waals surface area contributed by atoms with Crippen molar-refractivity contribution in [2.45, 2.75) is 81.6 Å². The lowest BCUT2D eigenvalue weighted by Crippen LogP contribution is -2.58. The van der Waals surface area contributed by atoms with Crippen molar-refractivity contribution in [1.82, 2.24) is 26.3 Å². The van der Waals surface area contributed by atoms with Crippen molar-refractivity contribution < 1.29 is 52.1 Å². The number of ether oxygens (including phenoxy) is 1. The van der Waals surface area contributed by atoms with Gasteiger partial charge in [0.2, 0.25) is 17.7 Å². The Labute approximate surface area is 341 Å². The van der Waals surface area contributed by atoms with Crippen molar-refractivity contribution in [2.24, 2.45) is 5.92 Å². The van der Waals surface area contributed by atoms with Gasteiger partial charge in [-0.25, -0.2) is 13.2 Å². The van der Waals surface area contributed by atoms with Crippen LogP contribution in [0.5, 0.6) is 0 Å². The molecule has 0 bridgehead atoms. The molecular weight excluding hydrogens is 783 g/mol. The Balaban J connectivity index is 1.52. The molecule has 1 unspecified atom stereocenters. The van der Waals surface area contributed by atoms with Crippen LogP contribution in [0.15, 0.2) is 113 Å². The quantitative estimate of drug-likeness (QED) is 0.0700. The van der Waals surface area contributed by atoms with Crippen LogP contribution in [-0.4, -0.2) is 83.5 Å². The Morgan fingerprint density at radius 3 is 2.00 bits per heavy atom. The monoisotopic (exact) mass is 829 g/mol. The zero-order chi connectivity index (χ0) is 43.0. The smallest absolute Gasteiger partial charge is 0.408 e. The lowest BCUT2D eigenvalue weighted by molar-refractivity contribution is -0.140. The number of fused-ring (bicyclic) bond motifs is 1. The fourth-order valence-corrected chi connectivity index (χ4v) is 6.96. The number of aliphatic carboxylic acids is 2. The number of benzene rings is 3. The number of sulfone groups is 1. The highest BCUT2D eigenvalue weighted by Gasteiger charge is 2.32. The first-order valence-electron chi connectivity index (χ1n) is 18.8. The zero-order valence-corrected chi connectivity index (χ0v) is 33.3. The van der Waals surface area contributed by atoms with Crippen molar-refractivity contribution in [3.8, 4) is 0 Å². The maximum absolute atomic E-state index is 14.0. The number of aryl methyl sites for hydroxylation is 1. The predicted octanol–water partition coefficient (Wildman–Crippen LogP) is 3.90. The van der Waals surface area contributed by atoms with Gasteiger partial charge in [0.15, 0.2) is 9.84 Å². The van der Waals surface area contributed by atoms with Crippen molar-refractivity contribution in [2.75, 3.05) is 0 Å². The number of carbonyl (C=O) groups is 6. The minimum absolute atomic E-state index is 0.0154. The third-order valence-corrected chi connectivity index (χ3v) is 10.4. The molecule has 4 aromatic rings. The maximum atomic E-state index is 14.0. The van der Waals surface area contributed by atoms with E-state index >= 15 is 0 Å². The zero-order valence-electron chi connectivity index (χ0n) is 32.4. The Hall–Kier alpha value is -6.62. The Morgan fingerprint density at radius 1 is 0.712 bits per heavy atom. The third kappa shape index (κ3) is 14.7. The summed E-state index contributed by atoms with van der Waals surface area (Å²) in [6, 6.07) is 21.6. The number of hydrogen-bond donors (Lipinski definition) is 6. The summed E-state index contributed by atoms with van der Waals surface area (Å²) in [6.07, 6.45) is -0.918. The van der Waals surface area contributed by atoms with Crippen LogP contribution in [0, 0.1) is 5.92 Å². The molecule has 6 N–H and O–H groups in total. The molecule has 0 fully saturated rings. The number of para-hydroxylation sites is 1. The van der Waals surface area contributed by atoms with Gasteiger partial charge in [-0.3, -0.25) is 29.0 Å². The molecule has 0 saturated carbocycles. The van der Waals surface area contributed by atoms with Crippen molar-refractivity contribution >= 4 is 56.5 Å². The Morgan fingerprint density at radius 2 is 1.34 bits per heavy atom. The molecular formula is C42H47N5O11S. The van der Waals surface area contributed by atoms with Crippen LogP contribution < -0.4 is 21.3 Å². The minimum atomic E-state index is -3.99. The van der Waals surface area contributed by atoms with Gasteiger partial charge in [0.1, 0.15) is 24.7 Å². The Bertz CT molecular complexity index is 2240. The number of amides is 4. The number of nitrogens with zero attached hydrogens (tertiary/aromatic N) is 1. The summed E-state index contributed by atoms with van der Waals surface area (Å²) >= 11 is 0. The normalized spacial score (nSPS) is 13.5. The number of aromatic nitrogens is 1. The fraction of sp³-hybridized carbons (Fsp3) is 0.310. The second-order valence-electron chi connectivity index (χ2n) is 13.9. The van der Waals surface area contributed by atoms with Gasteiger partial charge >= 0.3 is 18.0 Å². The van der Waals surface area contributed by atoms with Crippen LogP contribution in [0.3, 0.4) is 0 Å². The van der Waals surface area contributed by atoms with Gasteiger partial charge in [-0.2, -0.15) is 0 Å². The third-order valence-electron chi connectivity index (χ3n) is 8.95. The van der Waals surface area contributed by atoms with Crippen molar-refractivity contribution in [1.29, 1.82) is 0 Å². The van der Waals surface area contributed by atoms with Crippen LogP contribution in [0.1, 0.15) is 50.8 Å². The SMILES string of the molecule is CC(C)[C@H](NC(=O)C(CCCc1ccc2ccccc2n1)NC(=O)[C@H](CC(=O)O)NC(=O)OCc1ccccc1)C(=O)N[C@H](/C=C/S(=O)(=O)c1ccccc1)CC(=O)O. The molecule has 0 aliphatic carbocycles. The summed E-state index contributed by atoms with van der Waals surface area (Å²) in [4.78, 5) is 82.0. The molecule has 4 amide bonds. The maximum Gasteiger partial charge on any atom is 0.408 e. The highest BCUT2D eigenvalue weighted by atomic mass is 32.2. The molecule has 4 atom stereocenters. The summed E-state index contributed by atoms with van der Waals surface area (Å²) in [6.45, 7) is 3.06. The highest BCUT2D eigenvalue weighted by Crippen LogP contribution is 2.16. The largest absolute Gasteiger partial charge is 0.481 e. The summed E-state index contributed by atoms with van der Waals surface area (Å²) in [5.74, 6) is -6.03. The molecule has 312 valence electrons. The molecule has 0 spiro atoms. The van der Waals surface area contributed by atoms with Gasteiger partial charge in [-0.1, -0.05) is 86.6 Å². The van der Waals surface area contributed by atoms with E-state index in [0.29, 0.717) is 24.1 Å². The average Bonchev–Trinajstić information content (AvgIpc) is 3.20. The molecule has 3 aromatic carbocycles. The first kappa shape index (κ1) is 45.1. The van der Waals surface area contributed by atoms with Gasteiger partial charge < -0.3 is 36.2 Å². The molecule has 0 radical (unpaired) electrons. The van der Waals surface area contributed by atoms with E-state index in [2.05, 4.69) is 26.3 Å². The summed E-state index contributed by atoms with van der Waals surface area (Å²) in [5.41, 5.74) is 2.10. The Kier molecular flexibility index (Phi) is 16.6. The van der Waals surface area contributed by atoms with E-state index < -0.39 is 88.5 Å². The van der Waals surface area contributed by atoms with E-state index in [0.717, 1.165) is 22.4 Å². The molecule has 0 aliphatic heterocycles. The van der Waals surface area contributed by atoms with Crippen LogP contribution in [0.25, 0.3) is 10.9 Å². The number of pyridine rings is 1. The minimum Gasteiger partial charge on any atom is -0.481 e. The van der Waals surface area contributed by atoms with Crippen molar-refractivity contribution in [3.63, 3.8) is 0 Å². The van der Waals surface area contributed by atoms with E-state index in [9.17, 15) is 47.4 Å². The summed E-state index contributed by atoms with van der Waals surface area (Å²) < 4.78 is 30.9. The predicted molar refractivity (Wildman–Crippen MR) is 216 cm³/mol. The fourth-order valence-electron chi connectivity index (χ4n) is 5.87. The van der Waals surface area contributed by atoms with E-state index in [1.165, 1.54) is 24.3 Å². The van der Waals surface area contributed by atoms with Crippen LogP contribution in [0.4, 0.5) is 4.79 Å². The lowest BCUT2D eigenvalue weighted by Gasteiger charge is -2.27. The second kappa shape index (κ2) is 21.8. The molecule has 1 heterocycles. The second-order valence-corrected chi connectivity index (χ2v) is 15.8.